The average molecular weight is 342 g/mol. The minimum atomic E-state index is -0.816. The fraction of sp³-hybridized carbons (Fsp3) is 0.350. The molecule has 0 aliphatic heterocycles. The lowest BCUT2D eigenvalue weighted by atomic mass is 10.0. The van der Waals surface area contributed by atoms with Crippen molar-refractivity contribution in [3.63, 3.8) is 0 Å². The molecule has 5 heteroatoms. The number of benzene rings is 2. The summed E-state index contributed by atoms with van der Waals surface area (Å²) in [7, 11) is 0. The summed E-state index contributed by atoms with van der Waals surface area (Å²) >= 11 is 0. The van der Waals surface area contributed by atoms with Crippen molar-refractivity contribution in [2.75, 3.05) is 6.54 Å². The number of nitrogens with two attached hydrogens (primary N) is 1. The van der Waals surface area contributed by atoms with Crippen molar-refractivity contribution >= 4 is 5.91 Å². The van der Waals surface area contributed by atoms with Crippen molar-refractivity contribution in [3.05, 3.63) is 65.7 Å². The molecule has 4 N–H and O–H groups in total. The van der Waals surface area contributed by atoms with Crippen LogP contribution in [0.2, 0.25) is 0 Å². The number of hydrogen-bond donors (Lipinski definition) is 3. The lowest BCUT2D eigenvalue weighted by molar-refractivity contribution is -0.123. The zero-order valence-electron chi connectivity index (χ0n) is 14.7. The van der Waals surface area contributed by atoms with Gasteiger partial charge < -0.3 is 20.9 Å². The summed E-state index contributed by atoms with van der Waals surface area (Å²) in [4.78, 5) is 11.9. The van der Waals surface area contributed by atoms with E-state index in [1.807, 2.05) is 56.3 Å². The number of aliphatic hydroxyl groups excluding tert-OH is 1. The molecule has 2 aromatic rings. The van der Waals surface area contributed by atoms with E-state index >= 15 is 0 Å². The Morgan fingerprint density at radius 2 is 1.88 bits per heavy atom. The van der Waals surface area contributed by atoms with Crippen LogP contribution >= 0.6 is 0 Å². The van der Waals surface area contributed by atoms with Crippen molar-refractivity contribution < 1.29 is 14.6 Å². The molecule has 0 aliphatic rings. The third-order valence-corrected chi connectivity index (χ3v) is 3.98. The Morgan fingerprint density at radius 1 is 1.16 bits per heavy atom. The standard InChI is InChI=1S/C20H26N2O3/c1-14(2)19(21)20(24)22-12-18(23)16-9-6-10-17(11-16)25-13-15-7-4-3-5-8-15/h3-11,14,18-19,23H,12-13,21H2,1-2H3,(H,22,24)/t18?,19-/m0/s1. The van der Waals surface area contributed by atoms with E-state index in [9.17, 15) is 9.90 Å². The summed E-state index contributed by atoms with van der Waals surface area (Å²) in [5.74, 6) is 0.461. The average Bonchev–Trinajstić information content (AvgIpc) is 2.64. The van der Waals surface area contributed by atoms with Crippen LogP contribution in [0.25, 0.3) is 0 Å². The molecule has 1 amide bonds. The lowest BCUT2D eigenvalue weighted by Gasteiger charge is -2.18. The quantitative estimate of drug-likeness (QED) is 0.688. The van der Waals surface area contributed by atoms with E-state index in [4.69, 9.17) is 10.5 Å². The molecule has 0 heterocycles. The maximum absolute atomic E-state index is 11.9. The molecule has 2 atom stereocenters. The maximum Gasteiger partial charge on any atom is 0.237 e. The van der Waals surface area contributed by atoms with Crippen molar-refractivity contribution in [1.82, 2.24) is 5.32 Å². The molecule has 25 heavy (non-hydrogen) atoms. The summed E-state index contributed by atoms with van der Waals surface area (Å²) in [5.41, 5.74) is 7.55. The molecule has 2 aromatic carbocycles. The fourth-order valence-electron chi connectivity index (χ4n) is 2.29. The van der Waals surface area contributed by atoms with E-state index in [2.05, 4.69) is 5.32 Å². The summed E-state index contributed by atoms with van der Waals surface area (Å²) in [6, 6.07) is 16.5. The Balaban J connectivity index is 1.90. The minimum absolute atomic E-state index is 0.0480. The molecule has 0 saturated carbocycles. The first kappa shape index (κ1) is 19.0. The van der Waals surface area contributed by atoms with Gasteiger partial charge >= 0.3 is 0 Å². The molecule has 0 aliphatic carbocycles. The SMILES string of the molecule is CC(C)[C@H](N)C(=O)NCC(O)c1cccc(OCc2ccccc2)c1. The summed E-state index contributed by atoms with van der Waals surface area (Å²) < 4.78 is 5.76. The van der Waals surface area contributed by atoms with Gasteiger partial charge in [-0.3, -0.25) is 4.79 Å². The van der Waals surface area contributed by atoms with Crippen LogP contribution in [-0.4, -0.2) is 23.6 Å². The van der Waals surface area contributed by atoms with Gasteiger partial charge in [0.2, 0.25) is 5.91 Å². The lowest BCUT2D eigenvalue weighted by Crippen LogP contribution is -2.45. The zero-order valence-corrected chi connectivity index (χ0v) is 14.7. The van der Waals surface area contributed by atoms with Gasteiger partial charge in [0.15, 0.2) is 0 Å². The van der Waals surface area contributed by atoms with Crippen LogP contribution in [0.1, 0.15) is 31.1 Å². The summed E-state index contributed by atoms with van der Waals surface area (Å²) in [6.07, 6.45) is -0.816. The van der Waals surface area contributed by atoms with E-state index in [0.29, 0.717) is 17.9 Å². The zero-order chi connectivity index (χ0) is 18.2. The van der Waals surface area contributed by atoms with Crippen LogP contribution < -0.4 is 15.8 Å². The Morgan fingerprint density at radius 3 is 2.56 bits per heavy atom. The van der Waals surface area contributed by atoms with Crippen LogP contribution in [0, 0.1) is 5.92 Å². The molecule has 0 bridgehead atoms. The molecular weight excluding hydrogens is 316 g/mol. The number of amides is 1. The molecule has 5 nitrogen and oxygen atoms in total. The van der Waals surface area contributed by atoms with E-state index in [1.54, 1.807) is 12.1 Å². The van der Waals surface area contributed by atoms with Crippen LogP contribution in [0.3, 0.4) is 0 Å². The topological polar surface area (TPSA) is 84.6 Å². The molecule has 0 radical (unpaired) electrons. The Labute approximate surface area is 148 Å². The number of carbonyl (C=O) groups excluding carboxylic acids is 1. The second-order valence-electron chi connectivity index (χ2n) is 6.38. The highest BCUT2D eigenvalue weighted by molar-refractivity contribution is 5.81. The van der Waals surface area contributed by atoms with Crippen molar-refractivity contribution in [2.45, 2.75) is 32.6 Å². The number of ether oxygens (including phenoxy) is 1. The van der Waals surface area contributed by atoms with Crippen molar-refractivity contribution in [3.8, 4) is 5.75 Å². The molecule has 0 fully saturated rings. The summed E-state index contributed by atoms with van der Waals surface area (Å²) in [5, 5.41) is 13.0. The number of carbonyl (C=O) groups is 1. The van der Waals surface area contributed by atoms with Gasteiger partial charge in [0.25, 0.3) is 0 Å². The molecule has 0 spiro atoms. The highest BCUT2D eigenvalue weighted by Gasteiger charge is 2.18. The highest BCUT2D eigenvalue weighted by Crippen LogP contribution is 2.20. The van der Waals surface area contributed by atoms with E-state index in [1.165, 1.54) is 0 Å². The second-order valence-corrected chi connectivity index (χ2v) is 6.38. The number of aliphatic hydroxyl groups is 1. The van der Waals surface area contributed by atoms with Crippen LogP contribution in [0.4, 0.5) is 0 Å². The first-order valence-electron chi connectivity index (χ1n) is 8.45. The third-order valence-electron chi connectivity index (χ3n) is 3.98. The van der Waals surface area contributed by atoms with Gasteiger partial charge in [-0.25, -0.2) is 0 Å². The van der Waals surface area contributed by atoms with E-state index in [-0.39, 0.29) is 18.4 Å². The smallest absolute Gasteiger partial charge is 0.237 e. The van der Waals surface area contributed by atoms with Crippen LogP contribution in [0.5, 0.6) is 5.75 Å². The van der Waals surface area contributed by atoms with Gasteiger partial charge in [0.05, 0.1) is 12.1 Å². The Kier molecular flexibility index (Phi) is 6.98. The predicted molar refractivity (Wildman–Crippen MR) is 98.0 cm³/mol. The Hall–Kier alpha value is -2.37. The predicted octanol–water partition coefficient (Wildman–Crippen LogP) is 2.40. The maximum atomic E-state index is 11.9. The van der Waals surface area contributed by atoms with Gasteiger partial charge in [-0.05, 0) is 29.2 Å². The number of hydrogen-bond acceptors (Lipinski definition) is 4. The molecule has 0 saturated heterocycles. The molecule has 134 valence electrons. The molecular formula is C20H26N2O3. The summed E-state index contributed by atoms with van der Waals surface area (Å²) in [6.45, 7) is 4.34. The normalized spacial score (nSPS) is 13.3. The monoisotopic (exact) mass is 342 g/mol. The highest BCUT2D eigenvalue weighted by atomic mass is 16.5. The first-order chi connectivity index (χ1) is 12.0. The number of nitrogens with one attached hydrogen (secondary N) is 1. The molecule has 1 unspecified atom stereocenters. The fourth-order valence-corrected chi connectivity index (χ4v) is 2.29. The van der Waals surface area contributed by atoms with Gasteiger partial charge in [-0.15, -0.1) is 0 Å². The largest absolute Gasteiger partial charge is 0.489 e. The van der Waals surface area contributed by atoms with Crippen LogP contribution in [-0.2, 0) is 11.4 Å². The number of rotatable bonds is 8. The minimum Gasteiger partial charge on any atom is -0.489 e. The molecule has 0 aromatic heterocycles. The van der Waals surface area contributed by atoms with Gasteiger partial charge in [-0.1, -0.05) is 56.3 Å². The van der Waals surface area contributed by atoms with E-state index in [0.717, 1.165) is 5.56 Å². The molecule has 2 rings (SSSR count). The van der Waals surface area contributed by atoms with Gasteiger partial charge in [0, 0.05) is 6.54 Å². The second kappa shape index (κ2) is 9.20. The Bertz CT molecular complexity index is 674. The van der Waals surface area contributed by atoms with Crippen molar-refractivity contribution in [1.29, 1.82) is 0 Å². The van der Waals surface area contributed by atoms with Crippen molar-refractivity contribution in [2.24, 2.45) is 11.7 Å². The van der Waals surface area contributed by atoms with Gasteiger partial charge in [0.1, 0.15) is 12.4 Å². The van der Waals surface area contributed by atoms with E-state index < -0.39 is 12.1 Å². The third kappa shape index (κ3) is 5.89. The van der Waals surface area contributed by atoms with Crippen LogP contribution in [0.15, 0.2) is 54.6 Å². The first-order valence-corrected chi connectivity index (χ1v) is 8.45. The van der Waals surface area contributed by atoms with Gasteiger partial charge in [-0.2, -0.15) is 0 Å².